The lowest BCUT2D eigenvalue weighted by molar-refractivity contribution is -0.124. The fourth-order valence-corrected chi connectivity index (χ4v) is 4.29. The SMILES string of the molecule is CNC(=O)C1C(c2ccc(I)cc2)CCN1C(=O)c1ccc(OC(C)C)c(Cl)c1. The van der Waals surface area contributed by atoms with Crippen LogP contribution in [0.4, 0.5) is 0 Å². The van der Waals surface area contributed by atoms with Crippen molar-refractivity contribution in [1.82, 2.24) is 10.2 Å². The molecule has 0 aromatic heterocycles. The smallest absolute Gasteiger partial charge is 0.254 e. The molecule has 3 rings (SSSR count). The molecular formula is C22H24ClIN2O3. The van der Waals surface area contributed by atoms with Crippen LogP contribution in [0.25, 0.3) is 0 Å². The van der Waals surface area contributed by atoms with Crippen LogP contribution in [-0.4, -0.2) is 42.5 Å². The molecule has 2 atom stereocenters. The van der Waals surface area contributed by atoms with E-state index in [0.717, 1.165) is 15.6 Å². The molecule has 0 bridgehead atoms. The highest BCUT2D eigenvalue weighted by atomic mass is 127. The molecule has 2 unspecified atom stereocenters. The van der Waals surface area contributed by atoms with E-state index in [1.54, 1.807) is 30.1 Å². The van der Waals surface area contributed by atoms with Crippen molar-refractivity contribution in [1.29, 1.82) is 0 Å². The van der Waals surface area contributed by atoms with Crippen molar-refractivity contribution in [2.75, 3.05) is 13.6 Å². The summed E-state index contributed by atoms with van der Waals surface area (Å²) in [6, 6.07) is 12.6. The number of carbonyl (C=O) groups excluding carboxylic acids is 2. The highest BCUT2D eigenvalue weighted by Crippen LogP contribution is 2.36. The van der Waals surface area contributed by atoms with Crippen LogP contribution in [0.5, 0.6) is 5.75 Å². The van der Waals surface area contributed by atoms with Gasteiger partial charge in [0.05, 0.1) is 11.1 Å². The molecule has 1 saturated heterocycles. The summed E-state index contributed by atoms with van der Waals surface area (Å²) in [5, 5.41) is 3.10. The lowest BCUT2D eigenvalue weighted by Crippen LogP contribution is -2.47. The number of hydrogen-bond donors (Lipinski definition) is 1. The number of likely N-dealkylation sites (N-methyl/N-ethyl adjacent to an activating group) is 1. The molecule has 1 aliphatic rings. The van der Waals surface area contributed by atoms with Crippen molar-refractivity contribution in [2.24, 2.45) is 0 Å². The zero-order valence-corrected chi connectivity index (χ0v) is 19.5. The zero-order valence-electron chi connectivity index (χ0n) is 16.6. The first kappa shape index (κ1) is 21.9. The molecule has 5 nitrogen and oxygen atoms in total. The Hall–Kier alpha value is -1.80. The minimum absolute atomic E-state index is 0.0139. The summed E-state index contributed by atoms with van der Waals surface area (Å²) < 4.78 is 6.78. The maximum Gasteiger partial charge on any atom is 0.254 e. The van der Waals surface area contributed by atoms with Crippen molar-refractivity contribution < 1.29 is 14.3 Å². The van der Waals surface area contributed by atoms with E-state index in [1.165, 1.54) is 0 Å². The molecular weight excluding hydrogens is 503 g/mol. The summed E-state index contributed by atoms with van der Waals surface area (Å²) in [4.78, 5) is 27.6. The van der Waals surface area contributed by atoms with Gasteiger partial charge in [-0.1, -0.05) is 23.7 Å². The molecule has 1 N–H and O–H groups in total. The summed E-state index contributed by atoms with van der Waals surface area (Å²) >= 11 is 8.57. The second-order valence-corrected chi connectivity index (χ2v) is 8.97. The van der Waals surface area contributed by atoms with E-state index in [4.69, 9.17) is 16.3 Å². The van der Waals surface area contributed by atoms with Gasteiger partial charge in [0, 0.05) is 28.6 Å². The highest BCUT2D eigenvalue weighted by molar-refractivity contribution is 14.1. The predicted octanol–water partition coefficient (Wildman–Crippen LogP) is 4.48. The largest absolute Gasteiger partial charge is 0.489 e. The number of amides is 2. The topological polar surface area (TPSA) is 58.6 Å². The molecule has 0 radical (unpaired) electrons. The molecule has 154 valence electrons. The minimum atomic E-state index is -0.557. The number of ether oxygens (including phenoxy) is 1. The Morgan fingerprint density at radius 2 is 1.90 bits per heavy atom. The Kier molecular flexibility index (Phi) is 7.05. The lowest BCUT2D eigenvalue weighted by atomic mass is 9.91. The van der Waals surface area contributed by atoms with Gasteiger partial charge < -0.3 is 15.0 Å². The monoisotopic (exact) mass is 526 g/mol. The van der Waals surface area contributed by atoms with Gasteiger partial charge in [-0.25, -0.2) is 0 Å². The predicted molar refractivity (Wildman–Crippen MR) is 123 cm³/mol. The van der Waals surface area contributed by atoms with Crippen molar-refractivity contribution in [2.45, 2.75) is 38.3 Å². The average molecular weight is 527 g/mol. The van der Waals surface area contributed by atoms with Crippen LogP contribution in [0, 0.1) is 3.57 Å². The Morgan fingerprint density at radius 3 is 2.48 bits per heavy atom. The molecule has 1 fully saturated rings. The molecule has 0 spiro atoms. The van der Waals surface area contributed by atoms with Crippen LogP contribution in [0.15, 0.2) is 42.5 Å². The third-order valence-corrected chi connectivity index (χ3v) is 6.03. The van der Waals surface area contributed by atoms with E-state index < -0.39 is 6.04 Å². The van der Waals surface area contributed by atoms with Crippen LogP contribution in [0.1, 0.15) is 42.1 Å². The average Bonchev–Trinajstić information content (AvgIpc) is 3.13. The van der Waals surface area contributed by atoms with Gasteiger partial charge in [0.25, 0.3) is 5.91 Å². The van der Waals surface area contributed by atoms with Gasteiger partial charge >= 0.3 is 0 Å². The van der Waals surface area contributed by atoms with Gasteiger partial charge in [-0.3, -0.25) is 9.59 Å². The number of benzene rings is 2. The van der Waals surface area contributed by atoms with E-state index in [-0.39, 0.29) is 23.8 Å². The van der Waals surface area contributed by atoms with Gasteiger partial charge in [-0.05, 0) is 78.8 Å². The molecule has 1 heterocycles. The van der Waals surface area contributed by atoms with E-state index in [1.807, 2.05) is 38.1 Å². The summed E-state index contributed by atoms with van der Waals surface area (Å²) in [5.41, 5.74) is 1.51. The van der Waals surface area contributed by atoms with E-state index in [0.29, 0.717) is 22.9 Å². The number of rotatable bonds is 5. The maximum atomic E-state index is 13.2. The quantitative estimate of drug-likeness (QED) is 0.585. The van der Waals surface area contributed by atoms with Gasteiger partial charge in [-0.15, -0.1) is 0 Å². The molecule has 2 aromatic rings. The summed E-state index contributed by atoms with van der Waals surface area (Å²) in [7, 11) is 1.60. The number of nitrogens with zero attached hydrogens (tertiary/aromatic N) is 1. The van der Waals surface area contributed by atoms with Gasteiger partial charge in [0.15, 0.2) is 0 Å². The molecule has 7 heteroatoms. The van der Waals surface area contributed by atoms with E-state index in [2.05, 4.69) is 27.9 Å². The lowest BCUT2D eigenvalue weighted by Gasteiger charge is -2.27. The molecule has 29 heavy (non-hydrogen) atoms. The first-order chi connectivity index (χ1) is 13.8. The standard InChI is InChI=1S/C22H24ClIN2O3/c1-13(2)29-19-9-6-15(12-18(19)23)22(28)26-11-10-17(20(26)21(27)25-3)14-4-7-16(24)8-5-14/h4-9,12-13,17,20H,10-11H2,1-3H3,(H,25,27). The van der Waals surface area contributed by atoms with Crippen LogP contribution in [0.3, 0.4) is 0 Å². The van der Waals surface area contributed by atoms with Crippen LogP contribution in [-0.2, 0) is 4.79 Å². The molecule has 2 aromatic carbocycles. The Labute approximate surface area is 189 Å². The van der Waals surface area contributed by atoms with Crippen molar-refractivity contribution in [3.05, 3.63) is 62.2 Å². The summed E-state index contributed by atoms with van der Waals surface area (Å²) in [5.74, 6) is 0.129. The second kappa shape index (κ2) is 9.34. The van der Waals surface area contributed by atoms with Crippen molar-refractivity contribution in [3.63, 3.8) is 0 Å². The fourth-order valence-electron chi connectivity index (χ4n) is 3.70. The molecule has 1 aliphatic heterocycles. The van der Waals surface area contributed by atoms with Crippen molar-refractivity contribution in [3.8, 4) is 5.75 Å². The van der Waals surface area contributed by atoms with Crippen LogP contribution < -0.4 is 10.1 Å². The molecule has 2 amide bonds. The first-order valence-corrected chi connectivity index (χ1v) is 11.0. The molecule has 0 saturated carbocycles. The Morgan fingerprint density at radius 1 is 1.21 bits per heavy atom. The van der Waals surface area contributed by atoms with Gasteiger partial charge in [0.1, 0.15) is 11.8 Å². The summed E-state index contributed by atoms with van der Waals surface area (Å²) in [6.45, 7) is 4.34. The number of nitrogens with one attached hydrogen (secondary N) is 1. The van der Waals surface area contributed by atoms with E-state index in [9.17, 15) is 9.59 Å². The van der Waals surface area contributed by atoms with Gasteiger partial charge in [0.2, 0.25) is 5.91 Å². The van der Waals surface area contributed by atoms with E-state index >= 15 is 0 Å². The minimum Gasteiger partial charge on any atom is -0.489 e. The number of halogens is 2. The Bertz CT molecular complexity index is 901. The Balaban J connectivity index is 1.88. The first-order valence-electron chi connectivity index (χ1n) is 9.56. The molecule has 0 aliphatic carbocycles. The number of likely N-dealkylation sites (tertiary alicyclic amines) is 1. The number of carbonyl (C=O) groups is 2. The zero-order chi connectivity index (χ0) is 21.1. The summed E-state index contributed by atoms with van der Waals surface area (Å²) in [6.07, 6.45) is 0.715. The third kappa shape index (κ3) is 4.86. The maximum absolute atomic E-state index is 13.2. The normalized spacial score (nSPS) is 18.8. The number of hydrogen-bond acceptors (Lipinski definition) is 3. The third-order valence-electron chi connectivity index (χ3n) is 5.01. The second-order valence-electron chi connectivity index (χ2n) is 7.32. The highest BCUT2D eigenvalue weighted by Gasteiger charge is 2.42. The van der Waals surface area contributed by atoms with Crippen LogP contribution >= 0.6 is 34.2 Å². The van der Waals surface area contributed by atoms with Crippen molar-refractivity contribution >= 4 is 46.0 Å². The fraction of sp³-hybridized carbons (Fsp3) is 0.364. The van der Waals surface area contributed by atoms with Crippen LogP contribution in [0.2, 0.25) is 5.02 Å². The van der Waals surface area contributed by atoms with Gasteiger partial charge in [-0.2, -0.15) is 0 Å².